The van der Waals surface area contributed by atoms with Crippen molar-refractivity contribution in [2.45, 2.75) is 185 Å². The number of phosphoric acid groups is 1. The Balaban J connectivity index is 2.53. The van der Waals surface area contributed by atoms with Gasteiger partial charge < -0.3 is 39.9 Å². The SMILES string of the molecule is CC/C=C/C/C=C/C/C=C/C/C=C/C/C=C/CCCCCC(=O)OC[C@@H](COP(=O)(O)OC1C(O)C(O)C(O)[C@H](O)C1O)OC(=O)CC/C=C/C/C=C/C/C=C/C/C=C/C/C=C/CCCCC. The molecule has 6 N–H and O–H groups in total. The van der Waals surface area contributed by atoms with Crippen LogP contribution in [0, 0.1) is 0 Å². The lowest BCUT2D eigenvalue weighted by molar-refractivity contribution is -0.220. The number of carbonyl (C=O) groups is 2. The Hall–Kier alpha value is -3.75. The van der Waals surface area contributed by atoms with Crippen molar-refractivity contribution in [1.82, 2.24) is 0 Å². The van der Waals surface area contributed by atoms with Gasteiger partial charge in [-0.15, -0.1) is 0 Å². The van der Waals surface area contributed by atoms with Gasteiger partial charge in [0.2, 0.25) is 0 Å². The molecule has 0 bridgehead atoms. The van der Waals surface area contributed by atoms with Crippen LogP contribution in [0.5, 0.6) is 0 Å². The highest BCUT2D eigenvalue weighted by Gasteiger charge is 2.51. The first kappa shape index (κ1) is 61.3. The van der Waals surface area contributed by atoms with E-state index in [0.29, 0.717) is 19.3 Å². The molecule has 14 heteroatoms. The number of hydrogen-bond donors (Lipinski definition) is 6. The number of allylic oxidation sites excluding steroid dienone is 20. The number of carbonyl (C=O) groups excluding carboxylic acids is 2. The summed E-state index contributed by atoms with van der Waals surface area (Å²) in [5, 5.41) is 50.2. The molecule has 1 fully saturated rings. The number of rotatable bonds is 38. The number of ether oxygens (including phenoxy) is 2. The number of phosphoric ester groups is 1. The van der Waals surface area contributed by atoms with Gasteiger partial charge in [-0.3, -0.25) is 18.6 Å². The Morgan fingerprint density at radius 3 is 1.33 bits per heavy atom. The van der Waals surface area contributed by atoms with Crippen LogP contribution in [0.3, 0.4) is 0 Å². The van der Waals surface area contributed by atoms with Crippen molar-refractivity contribution in [3.63, 3.8) is 0 Å². The van der Waals surface area contributed by atoms with Crippen molar-refractivity contribution in [3.05, 3.63) is 122 Å². The van der Waals surface area contributed by atoms with Crippen LogP contribution in [0.4, 0.5) is 0 Å². The Labute approximate surface area is 401 Å². The van der Waals surface area contributed by atoms with Crippen molar-refractivity contribution in [2.75, 3.05) is 13.2 Å². The van der Waals surface area contributed by atoms with Crippen molar-refractivity contribution in [1.29, 1.82) is 0 Å². The summed E-state index contributed by atoms with van der Waals surface area (Å²) in [6.07, 6.45) is 45.4. The molecule has 0 aromatic heterocycles. The number of unbranched alkanes of at least 4 members (excludes halogenated alkanes) is 6. The summed E-state index contributed by atoms with van der Waals surface area (Å²) < 4.78 is 33.5. The van der Waals surface area contributed by atoms with E-state index in [9.17, 15) is 44.6 Å². The molecule has 1 rings (SSSR count). The second-order valence-corrected chi connectivity index (χ2v) is 17.6. The maximum atomic E-state index is 12.8. The van der Waals surface area contributed by atoms with Crippen LogP contribution in [0.25, 0.3) is 0 Å². The topological polar surface area (TPSA) is 210 Å². The number of esters is 2. The highest BCUT2D eigenvalue weighted by Crippen LogP contribution is 2.47. The standard InChI is InChI=1S/C53H83O13P/c1-3-5-7-9-11-13-15-17-19-21-23-25-27-29-31-33-35-37-39-41-46(54)63-43-45(44-64-67(61,62)66-53-51(59)49(57)48(56)50(58)52(53)60)65-47(55)42-40-38-36-34-32-30-28-26-24-22-20-18-16-14-12-10-8-6-4-2/h5,7,11-14,17-20,23-26,29-32,36,38,45,48-53,56-60H,3-4,6,8-10,15-16,21-22,27-28,33-35,37,39-44H2,1-2H3,(H,61,62)/b7-5+,13-11+,14-12+,19-17+,20-18+,25-23+,26-24+,31-29+,32-30+,38-36+/t45-,48?,49-,50?,51?,52?,53?/m0/s1. The molecule has 0 spiro atoms. The van der Waals surface area contributed by atoms with E-state index in [1.165, 1.54) is 19.3 Å². The fourth-order valence-corrected chi connectivity index (χ4v) is 7.38. The van der Waals surface area contributed by atoms with Crippen LogP contribution in [0.15, 0.2) is 122 Å². The molecule has 0 radical (unpaired) electrons. The monoisotopic (exact) mass is 959 g/mol. The third kappa shape index (κ3) is 33.4. The molecule has 13 nitrogen and oxygen atoms in total. The summed E-state index contributed by atoms with van der Waals surface area (Å²) in [7, 11) is -5.16. The first-order chi connectivity index (χ1) is 32.4. The van der Waals surface area contributed by atoms with Gasteiger partial charge in [0.05, 0.1) is 6.61 Å². The molecule has 6 unspecified atom stereocenters. The van der Waals surface area contributed by atoms with Gasteiger partial charge in [-0.05, 0) is 96.3 Å². The fraction of sp³-hybridized carbons (Fsp3) is 0.585. The Kier molecular flexibility index (Phi) is 37.7. The molecule has 67 heavy (non-hydrogen) atoms. The molecule has 0 aromatic carbocycles. The molecular weight excluding hydrogens is 876 g/mol. The Morgan fingerprint density at radius 2 is 0.881 bits per heavy atom. The predicted molar refractivity (Wildman–Crippen MR) is 267 cm³/mol. The van der Waals surface area contributed by atoms with Gasteiger partial charge in [0.25, 0.3) is 0 Å². The minimum Gasteiger partial charge on any atom is -0.462 e. The van der Waals surface area contributed by atoms with E-state index in [1.54, 1.807) is 0 Å². The minimum absolute atomic E-state index is 0.0424. The molecule has 0 heterocycles. The van der Waals surface area contributed by atoms with Crippen molar-refractivity contribution < 1.29 is 63.1 Å². The summed E-state index contributed by atoms with van der Waals surface area (Å²) in [4.78, 5) is 35.7. The largest absolute Gasteiger partial charge is 0.472 e. The van der Waals surface area contributed by atoms with Crippen molar-refractivity contribution in [3.8, 4) is 0 Å². The van der Waals surface area contributed by atoms with E-state index < -0.39 is 75.7 Å². The van der Waals surface area contributed by atoms with Gasteiger partial charge in [0.15, 0.2) is 6.10 Å². The number of aliphatic hydroxyl groups is 5. The smallest absolute Gasteiger partial charge is 0.462 e. The van der Waals surface area contributed by atoms with Gasteiger partial charge in [-0.25, -0.2) is 4.57 Å². The van der Waals surface area contributed by atoms with E-state index in [1.807, 2.05) is 18.2 Å². The van der Waals surface area contributed by atoms with Gasteiger partial charge in [0.1, 0.15) is 43.2 Å². The molecular formula is C53H83O13P. The summed E-state index contributed by atoms with van der Waals surface area (Å²) in [6.45, 7) is 3.06. The molecule has 0 saturated heterocycles. The summed E-state index contributed by atoms with van der Waals surface area (Å²) >= 11 is 0. The molecule has 1 aliphatic rings. The quantitative estimate of drug-likeness (QED) is 0.0148. The van der Waals surface area contributed by atoms with Crippen molar-refractivity contribution in [2.24, 2.45) is 0 Å². The van der Waals surface area contributed by atoms with Gasteiger partial charge in [-0.2, -0.15) is 0 Å². The zero-order valence-corrected chi connectivity index (χ0v) is 41.0. The lowest BCUT2D eigenvalue weighted by atomic mass is 9.85. The summed E-state index contributed by atoms with van der Waals surface area (Å²) in [5.41, 5.74) is 0. The molecule has 0 aliphatic heterocycles. The normalized spacial score (nSPS) is 22.2. The van der Waals surface area contributed by atoms with Crippen LogP contribution in [0.1, 0.15) is 142 Å². The fourth-order valence-electron chi connectivity index (χ4n) is 6.41. The zero-order chi connectivity index (χ0) is 49.2. The highest BCUT2D eigenvalue weighted by atomic mass is 31.2. The van der Waals surface area contributed by atoms with Gasteiger partial charge >= 0.3 is 19.8 Å². The van der Waals surface area contributed by atoms with Crippen LogP contribution in [-0.2, 0) is 32.7 Å². The molecule has 1 aliphatic carbocycles. The average Bonchev–Trinajstić information content (AvgIpc) is 3.31. The summed E-state index contributed by atoms with van der Waals surface area (Å²) in [5.74, 6) is -1.25. The third-order valence-electron chi connectivity index (χ3n) is 10.3. The number of hydrogen-bond acceptors (Lipinski definition) is 12. The first-order valence-electron chi connectivity index (χ1n) is 24.3. The minimum atomic E-state index is -5.16. The maximum absolute atomic E-state index is 12.8. The molecule has 0 amide bonds. The first-order valence-corrected chi connectivity index (χ1v) is 25.8. The van der Waals surface area contributed by atoms with E-state index in [0.717, 1.165) is 77.0 Å². The highest BCUT2D eigenvalue weighted by molar-refractivity contribution is 7.47. The molecule has 378 valence electrons. The Morgan fingerprint density at radius 1 is 0.478 bits per heavy atom. The third-order valence-corrected chi connectivity index (χ3v) is 11.3. The van der Waals surface area contributed by atoms with Crippen LogP contribution in [-0.4, -0.2) is 98.3 Å². The van der Waals surface area contributed by atoms with Crippen LogP contribution in [0.2, 0.25) is 0 Å². The van der Waals surface area contributed by atoms with Gasteiger partial charge in [0, 0.05) is 12.8 Å². The van der Waals surface area contributed by atoms with E-state index in [-0.39, 0.29) is 12.8 Å². The van der Waals surface area contributed by atoms with Crippen LogP contribution < -0.4 is 0 Å². The van der Waals surface area contributed by atoms with Crippen LogP contribution >= 0.6 is 7.82 Å². The Bertz CT molecular complexity index is 1630. The average molecular weight is 959 g/mol. The van der Waals surface area contributed by atoms with Crippen molar-refractivity contribution >= 4 is 19.8 Å². The maximum Gasteiger partial charge on any atom is 0.472 e. The summed E-state index contributed by atoms with van der Waals surface area (Å²) in [6, 6.07) is 0. The van der Waals surface area contributed by atoms with E-state index >= 15 is 0 Å². The lowest BCUT2D eigenvalue weighted by Gasteiger charge is -2.41. The second-order valence-electron chi connectivity index (χ2n) is 16.2. The van der Waals surface area contributed by atoms with Gasteiger partial charge in [-0.1, -0.05) is 155 Å². The predicted octanol–water partition coefficient (Wildman–Crippen LogP) is 10.2. The zero-order valence-electron chi connectivity index (χ0n) is 40.1. The van der Waals surface area contributed by atoms with E-state index in [2.05, 4.69) is 117 Å². The lowest BCUT2D eigenvalue weighted by Crippen LogP contribution is -2.64. The van der Waals surface area contributed by atoms with E-state index in [4.69, 9.17) is 18.5 Å². The number of aliphatic hydroxyl groups excluding tert-OH is 5. The molecule has 0 aromatic rings. The molecule has 1 saturated carbocycles. The molecule has 8 atom stereocenters. The second kappa shape index (κ2) is 41.2.